The van der Waals surface area contributed by atoms with Gasteiger partial charge in [-0.1, -0.05) is 30.3 Å². The summed E-state index contributed by atoms with van der Waals surface area (Å²) in [6.45, 7) is 2.74. The Labute approximate surface area is 102 Å². The molecule has 0 bridgehead atoms. The number of hydrogen-bond acceptors (Lipinski definition) is 3. The number of benzene rings is 1. The molecule has 1 aromatic heterocycles. The first-order valence-electron chi connectivity index (χ1n) is 5.89. The Morgan fingerprint density at radius 3 is 2.59 bits per heavy atom. The lowest BCUT2D eigenvalue weighted by molar-refractivity contribution is 0.815. The van der Waals surface area contributed by atoms with Crippen LogP contribution >= 0.6 is 0 Å². The van der Waals surface area contributed by atoms with Crippen LogP contribution in [0.3, 0.4) is 0 Å². The van der Waals surface area contributed by atoms with Crippen molar-refractivity contribution in [2.45, 2.75) is 19.8 Å². The summed E-state index contributed by atoms with van der Waals surface area (Å²) in [5.41, 5.74) is 8.80. The normalized spacial score (nSPS) is 10.5. The second-order valence-electron chi connectivity index (χ2n) is 4.06. The van der Waals surface area contributed by atoms with Gasteiger partial charge in [0.2, 0.25) is 0 Å². The third-order valence-electron chi connectivity index (χ3n) is 2.76. The van der Waals surface area contributed by atoms with Gasteiger partial charge < -0.3 is 5.73 Å². The fourth-order valence-corrected chi connectivity index (χ4v) is 1.76. The Hall–Kier alpha value is -1.74. The largest absolute Gasteiger partial charge is 0.330 e. The van der Waals surface area contributed by atoms with E-state index in [1.165, 1.54) is 5.56 Å². The summed E-state index contributed by atoms with van der Waals surface area (Å²) < 4.78 is 0. The molecule has 88 valence electrons. The Morgan fingerprint density at radius 1 is 1.18 bits per heavy atom. The molecule has 3 nitrogen and oxygen atoms in total. The van der Waals surface area contributed by atoms with Gasteiger partial charge in [0.05, 0.1) is 0 Å². The van der Waals surface area contributed by atoms with Crippen molar-refractivity contribution in [2.75, 3.05) is 6.54 Å². The molecule has 0 aliphatic heterocycles. The maximum absolute atomic E-state index is 5.51. The van der Waals surface area contributed by atoms with Gasteiger partial charge in [0, 0.05) is 17.5 Å². The van der Waals surface area contributed by atoms with Crippen LogP contribution in [0.2, 0.25) is 0 Å². The summed E-state index contributed by atoms with van der Waals surface area (Å²) in [4.78, 5) is 8.96. The predicted octanol–water partition coefficient (Wildman–Crippen LogP) is 2.34. The molecule has 1 heterocycles. The average molecular weight is 227 g/mol. The first-order chi connectivity index (χ1) is 8.31. The molecule has 0 radical (unpaired) electrons. The highest BCUT2D eigenvalue weighted by molar-refractivity contribution is 5.54. The Morgan fingerprint density at radius 2 is 1.94 bits per heavy atom. The molecule has 0 spiro atoms. The summed E-state index contributed by atoms with van der Waals surface area (Å²) in [7, 11) is 0. The van der Waals surface area contributed by atoms with Crippen molar-refractivity contribution in [3.8, 4) is 11.4 Å². The molecule has 0 fully saturated rings. The zero-order valence-corrected chi connectivity index (χ0v) is 10.1. The van der Waals surface area contributed by atoms with Crippen LogP contribution in [0.1, 0.15) is 17.7 Å². The zero-order chi connectivity index (χ0) is 12.1. The number of rotatable bonds is 4. The van der Waals surface area contributed by atoms with E-state index in [4.69, 9.17) is 5.73 Å². The first kappa shape index (κ1) is 11.7. The fourth-order valence-electron chi connectivity index (χ4n) is 1.76. The summed E-state index contributed by atoms with van der Waals surface area (Å²) in [5.74, 6) is 0.791. The zero-order valence-electron chi connectivity index (χ0n) is 10.1. The molecule has 0 saturated heterocycles. The summed E-state index contributed by atoms with van der Waals surface area (Å²) in [5, 5.41) is 0. The van der Waals surface area contributed by atoms with Crippen LogP contribution in [0.5, 0.6) is 0 Å². The van der Waals surface area contributed by atoms with Crippen LogP contribution in [0.25, 0.3) is 11.4 Å². The van der Waals surface area contributed by atoms with Gasteiger partial charge in [-0.2, -0.15) is 0 Å². The molecule has 2 N–H and O–H groups in total. The minimum absolute atomic E-state index is 0.708. The monoisotopic (exact) mass is 227 g/mol. The van der Waals surface area contributed by atoms with Gasteiger partial charge in [-0.05, 0) is 31.9 Å². The molecule has 0 unspecified atom stereocenters. The Balaban J connectivity index is 2.25. The van der Waals surface area contributed by atoms with Gasteiger partial charge in [-0.15, -0.1) is 0 Å². The van der Waals surface area contributed by atoms with Crippen LogP contribution < -0.4 is 5.73 Å². The summed E-state index contributed by atoms with van der Waals surface area (Å²) >= 11 is 0. The lowest BCUT2D eigenvalue weighted by Crippen LogP contribution is -2.03. The second kappa shape index (κ2) is 5.55. The van der Waals surface area contributed by atoms with Crippen molar-refractivity contribution in [3.05, 3.63) is 47.8 Å². The molecule has 0 amide bonds. The third-order valence-corrected chi connectivity index (χ3v) is 2.76. The van der Waals surface area contributed by atoms with Gasteiger partial charge >= 0.3 is 0 Å². The highest BCUT2D eigenvalue weighted by Crippen LogP contribution is 2.16. The number of nitrogens with two attached hydrogens (primary N) is 1. The quantitative estimate of drug-likeness (QED) is 0.872. The first-order valence-corrected chi connectivity index (χ1v) is 5.89. The highest BCUT2D eigenvalue weighted by atomic mass is 14.9. The minimum Gasteiger partial charge on any atom is -0.330 e. The van der Waals surface area contributed by atoms with E-state index in [2.05, 4.69) is 9.97 Å². The van der Waals surface area contributed by atoms with Gasteiger partial charge in [-0.25, -0.2) is 9.97 Å². The molecule has 3 heteroatoms. The molecular weight excluding hydrogens is 210 g/mol. The number of nitrogens with zero attached hydrogens (tertiary/aromatic N) is 2. The second-order valence-corrected chi connectivity index (χ2v) is 4.06. The maximum atomic E-state index is 5.51. The standard InChI is InChI=1S/C14H17N3/c1-11-13(8-5-9-15)10-16-14(17-11)12-6-3-2-4-7-12/h2-4,6-7,10H,5,8-9,15H2,1H3. The van der Waals surface area contributed by atoms with Crippen molar-refractivity contribution in [3.63, 3.8) is 0 Å². The van der Waals surface area contributed by atoms with Crippen LogP contribution in [-0.2, 0) is 6.42 Å². The SMILES string of the molecule is Cc1nc(-c2ccccc2)ncc1CCCN. The molecule has 0 saturated carbocycles. The minimum atomic E-state index is 0.708. The molecule has 0 aliphatic rings. The predicted molar refractivity (Wildman–Crippen MR) is 69.6 cm³/mol. The molecule has 2 aromatic rings. The lowest BCUT2D eigenvalue weighted by Gasteiger charge is -2.06. The summed E-state index contributed by atoms with van der Waals surface area (Å²) in [6.07, 6.45) is 3.85. The molecule has 0 atom stereocenters. The van der Waals surface area contributed by atoms with Crippen LogP contribution in [-0.4, -0.2) is 16.5 Å². The van der Waals surface area contributed by atoms with Crippen molar-refractivity contribution in [1.29, 1.82) is 0 Å². The van der Waals surface area contributed by atoms with Gasteiger partial charge in [-0.3, -0.25) is 0 Å². The average Bonchev–Trinajstić information content (AvgIpc) is 2.38. The molecule has 2 rings (SSSR count). The molecule has 0 aliphatic carbocycles. The maximum Gasteiger partial charge on any atom is 0.159 e. The van der Waals surface area contributed by atoms with Crippen molar-refractivity contribution in [1.82, 2.24) is 9.97 Å². The smallest absolute Gasteiger partial charge is 0.159 e. The van der Waals surface area contributed by atoms with Gasteiger partial charge in [0.1, 0.15) is 0 Å². The van der Waals surface area contributed by atoms with Crippen molar-refractivity contribution < 1.29 is 0 Å². The van der Waals surface area contributed by atoms with E-state index >= 15 is 0 Å². The van der Waals surface area contributed by atoms with E-state index in [0.29, 0.717) is 6.54 Å². The van der Waals surface area contributed by atoms with Crippen molar-refractivity contribution >= 4 is 0 Å². The van der Waals surface area contributed by atoms with Crippen molar-refractivity contribution in [2.24, 2.45) is 5.73 Å². The molecular formula is C14H17N3. The molecule has 17 heavy (non-hydrogen) atoms. The highest BCUT2D eigenvalue weighted by Gasteiger charge is 2.04. The summed E-state index contributed by atoms with van der Waals surface area (Å²) in [6, 6.07) is 10.0. The van der Waals surface area contributed by atoms with E-state index in [0.717, 1.165) is 29.9 Å². The van der Waals surface area contributed by atoms with E-state index in [-0.39, 0.29) is 0 Å². The number of hydrogen-bond donors (Lipinski definition) is 1. The van der Waals surface area contributed by atoms with Crippen LogP contribution in [0.15, 0.2) is 36.5 Å². The van der Waals surface area contributed by atoms with Gasteiger partial charge in [0.25, 0.3) is 0 Å². The van der Waals surface area contributed by atoms with E-state index in [1.54, 1.807) is 0 Å². The molecule has 1 aromatic carbocycles. The number of aryl methyl sites for hydroxylation is 2. The third kappa shape index (κ3) is 2.88. The topological polar surface area (TPSA) is 51.8 Å². The van der Waals surface area contributed by atoms with Crippen LogP contribution in [0, 0.1) is 6.92 Å². The van der Waals surface area contributed by atoms with Crippen LogP contribution in [0.4, 0.5) is 0 Å². The van der Waals surface area contributed by atoms with Gasteiger partial charge in [0.15, 0.2) is 5.82 Å². The lowest BCUT2D eigenvalue weighted by atomic mass is 10.1. The van der Waals surface area contributed by atoms with E-state index in [1.807, 2.05) is 43.5 Å². The number of aromatic nitrogens is 2. The fraction of sp³-hybridized carbons (Fsp3) is 0.286. The van der Waals surface area contributed by atoms with E-state index in [9.17, 15) is 0 Å². The van der Waals surface area contributed by atoms with E-state index < -0.39 is 0 Å². The Kier molecular flexibility index (Phi) is 3.83. The Bertz CT molecular complexity index is 480.